The average molecular weight is 291 g/mol. The molecule has 92 valence electrons. The van der Waals surface area contributed by atoms with E-state index in [0.29, 0.717) is 17.3 Å². The van der Waals surface area contributed by atoms with Gasteiger partial charge in [0.15, 0.2) is 0 Å². The molecule has 0 aromatic carbocycles. The molecule has 0 aliphatic heterocycles. The summed E-state index contributed by atoms with van der Waals surface area (Å²) in [7, 11) is -3.42. The van der Waals surface area contributed by atoms with Crippen LogP contribution in [0, 0.1) is 0 Å². The van der Waals surface area contributed by atoms with Gasteiger partial charge in [-0.3, -0.25) is 0 Å². The molecule has 0 radical (unpaired) electrons. The molecule has 0 bridgehead atoms. The number of aromatic amines is 1. The Hall–Kier alpha value is -0.820. The van der Waals surface area contributed by atoms with E-state index in [1.165, 1.54) is 6.07 Å². The fraction of sp³-hybridized carbons (Fsp3) is 0.200. The summed E-state index contributed by atoms with van der Waals surface area (Å²) in [5.41, 5.74) is 1.07. The second kappa shape index (κ2) is 5.22. The molecule has 2 N–H and O–H groups in total. The molecule has 2 rings (SSSR count). The van der Waals surface area contributed by atoms with Crippen molar-refractivity contribution >= 4 is 33.0 Å². The Balaban J connectivity index is 1.94. The zero-order valence-electron chi connectivity index (χ0n) is 8.81. The number of aromatic nitrogens is 1. The predicted molar refractivity (Wildman–Crippen MR) is 69.0 cm³/mol. The highest BCUT2D eigenvalue weighted by Crippen LogP contribution is 2.25. The van der Waals surface area contributed by atoms with Gasteiger partial charge in [0, 0.05) is 18.9 Å². The van der Waals surface area contributed by atoms with Crippen LogP contribution >= 0.6 is 22.9 Å². The highest BCUT2D eigenvalue weighted by molar-refractivity contribution is 7.91. The Morgan fingerprint density at radius 1 is 1.35 bits per heavy atom. The highest BCUT2D eigenvalue weighted by atomic mass is 35.5. The van der Waals surface area contributed by atoms with Crippen LogP contribution in [0.4, 0.5) is 0 Å². The van der Waals surface area contributed by atoms with Crippen LogP contribution in [0.15, 0.2) is 34.8 Å². The van der Waals surface area contributed by atoms with E-state index in [4.69, 9.17) is 11.6 Å². The van der Waals surface area contributed by atoms with Gasteiger partial charge in [0.1, 0.15) is 4.21 Å². The summed E-state index contributed by atoms with van der Waals surface area (Å²) in [5, 5.41) is 0. The van der Waals surface area contributed by atoms with Crippen LogP contribution < -0.4 is 4.72 Å². The van der Waals surface area contributed by atoms with Crippen LogP contribution in [0.2, 0.25) is 4.34 Å². The molecular formula is C10H11ClN2O2S2. The first-order valence-electron chi connectivity index (χ1n) is 4.94. The Morgan fingerprint density at radius 2 is 2.18 bits per heavy atom. The van der Waals surface area contributed by atoms with Crippen molar-refractivity contribution in [2.45, 2.75) is 10.6 Å². The first-order chi connectivity index (χ1) is 8.08. The Kier molecular flexibility index (Phi) is 3.88. The van der Waals surface area contributed by atoms with Gasteiger partial charge in [-0.05, 0) is 30.2 Å². The first-order valence-corrected chi connectivity index (χ1v) is 7.62. The van der Waals surface area contributed by atoms with Crippen molar-refractivity contribution in [2.24, 2.45) is 0 Å². The summed E-state index contributed by atoms with van der Waals surface area (Å²) in [5.74, 6) is 0. The van der Waals surface area contributed by atoms with E-state index in [9.17, 15) is 8.42 Å². The largest absolute Gasteiger partial charge is 0.367 e. The number of sulfonamides is 1. The minimum absolute atomic E-state index is 0.247. The maximum absolute atomic E-state index is 11.8. The lowest BCUT2D eigenvalue weighted by Gasteiger charge is -2.03. The zero-order chi connectivity index (χ0) is 12.3. The minimum atomic E-state index is -3.42. The Bertz CT molecular complexity index is 575. The third-order valence-corrected chi connectivity index (χ3v) is 5.37. The number of rotatable bonds is 5. The molecule has 0 aliphatic carbocycles. The van der Waals surface area contributed by atoms with E-state index in [1.807, 2.05) is 18.5 Å². The maximum Gasteiger partial charge on any atom is 0.250 e. The molecule has 17 heavy (non-hydrogen) atoms. The van der Waals surface area contributed by atoms with E-state index in [-0.39, 0.29) is 4.21 Å². The average Bonchev–Trinajstić information content (AvgIpc) is 2.89. The number of hydrogen-bond acceptors (Lipinski definition) is 3. The van der Waals surface area contributed by atoms with Gasteiger partial charge in [-0.2, -0.15) is 0 Å². The SMILES string of the molecule is O=S(=O)(NCCc1cc[nH]c1)c1ccc(Cl)s1. The Labute approximate surface area is 109 Å². The molecule has 0 spiro atoms. The number of halogens is 1. The van der Waals surface area contributed by atoms with E-state index in [2.05, 4.69) is 9.71 Å². The van der Waals surface area contributed by atoms with Crippen molar-refractivity contribution in [1.29, 1.82) is 0 Å². The Morgan fingerprint density at radius 3 is 2.76 bits per heavy atom. The monoisotopic (exact) mass is 290 g/mol. The molecule has 2 aromatic heterocycles. The van der Waals surface area contributed by atoms with E-state index in [1.54, 1.807) is 6.07 Å². The lowest BCUT2D eigenvalue weighted by Crippen LogP contribution is -2.25. The lowest BCUT2D eigenvalue weighted by molar-refractivity contribution is 0.584. The van der Waals surface area contributed by atoms with E-state index >= 15 is 0 Å². The topological polar surface area (TPSA) is 62.0 Å². The summed E-state index contributed by atoms with van der Waals surface area (Å²) < 4.78 is 26.9. The lowest BCUT2D eigenvalue weighted by atomic mass is 10.2. The van der Waals surface area contributed by atoms with Crippen LogP contribution in [0.3, 0.4) is 0 Å². The second-order valence-corrected chi connectivity index (χ2v) is 7.13. The molecule has 0 atom stereocenters. The fourth-order valence-corrected chi connectivity index (χ4v) is 3.92. The number of hydrogen-bond donors (Lipinski definition) is 2. The minimum Gasteiger partial charge on any atom is -0.367 e. The van der Waals surface area contributed by atoms with Crippen molar-refractivity contribution < 1.29 is 8.42 Å². The molecular weight excluding hydrogens is 280 g/mol. The summed E-state index contributed by atoms with van der Waals surface area (Å²) in [6.45, 7) is 0.371. The van der Waals surface area contributed by atoms with Gasteiger partial charge in [-0.25, -0.2) is 13.1 Å². The van der Waals surface area contributed by atoms with Gasteiger partial charge in [-0.1, -0.05) is 11.6 Å². The van der Waals surface area contributed by atoms with E-state index in [0.717, 1.165) is 16.9 Å². The molecule has 0 saturated carbocycles. The maximum atomic E-state index is 11.8. The van der Waals surface area contributed by atoms with Crippen molar-refractivity contribution in [3.05, 3.63) is 40.5 Å². The van der Waals surface area contributed by atoms with Gasteiger partial charge in [0.2, 0.25) is 10.0 Å². The number of nitrogens with one attached hydrogen (secondary N) is 2. The smallest absolute Gasteiger partial charge is 0.250 e. The predicted octanol–water partition coefficient (Wildman–Crippen LogP) is 2.25. The molecule has 7 heteroatoms. The number of thiophene rings is 1. The molecule has 2 heterocycles. The molecule has 0 unspecified atom stereocenters. The second-order valence-electron chi connectivity index (χ2n) is 3.43. The number of H-pyrrole nitrogens is 1. The summed E-state index contributed by atoms with van der Waals surface area (Å²) in [6, 6.07) is 4.99. The van der Waals surface area contributed by atoms with Crippen LogP contribution in [0.25, 0.3) is 0 Å². The zero-order valence-corrected chi connectivity index (χ0v) is 11.2. The molecule has 0 amide bonds. The fourth-order valence-electron chi connectivity index (χ4n) is 1.36. The van der Waals surface area contributed by atoms with Crippen LogP contribution in [-0.4, -0.2) is 19.9 Å². The van der Waals surface area contributed by atoms with Crippen molar-refractivity contribution in [1.82, 2.24) is 9.71 Å². The van der Waals surface area contributed by atoms with Crippen molar-refractivity contribution in [2.75, 3.05) is 6.54 Å². The van der Waals surface area contributed by atoms with Crippen molar-refractivity contribution in [3.63, 3.8) is 0 Å². The molecule has 0 aliphatic rings. The van der Waals surface area contributed by atoms with E-state index < -0.39 is 10.0 Å². The van der Waals surface area contributed by atoms with Crippen LogP contribution in [0.5, 0.6) is 0 Å². The van der Waals surface area contributed by atoms with Gasteiger partial charge < -0.3 is 4.98 Å². The molecule has 0 saturated heterocycles. The van der Waals surface area contributed by atoms with Gasteiger partial charge in [-0.15, -0.1) is 11.3 Å². The van der Waals surface area contributed by atoms with Crippen LogP contribution in [0.1, 0.15) is 5.56 Å². The first kappa shape index (κ1) is 12.6. The molecule has 4 nitrogen and oxygen atoms in total. The third kappa shape index (κ3) is 3.32. The normalized spacial score (nSPS) is 11.8. The summed E-state index contributed by atoms with van der Waals surface area (Å²) in [6.07, 6.45) is 4.31. The summed E-state index contributed by atoms with van der Waals surface area (Å²) >= 11 is 6.76. The third-order valence-electron chi connectivity index (χ3n) is 2.18. The standard InChI is InChI=1S/C10H11ClN2O2S2/c11-9-1-2-10(16-9)17(14,15)13-6-4-8-3-5-12-7-8/h1-3,5,7,12-13H,4,6H2. The van der Waals surface area contributed by atoms with Gasteiger partial charge in [0.25, 0.3) is 0 Å². The van der Waals surface area contributed by atoms with Crippen molar-refractivity contribution in [3.8, 4) is 0 Å². The summed E-state index contributed by atoms with van der Waals surface area (Å²) in [4.78, 5) is 2.92. The quantitative estimate of drug-likeness (QED) is 0.887. The molecule has 0 fully saturated rings. The van der Waals surface area contributed by atoms with Gasteiger partial charge in [0.05, 0.1) is 4.34 Å². The molecule has 2 aromatic rings. The van der Waals surface area contributed by atoms with Crippen LogP contribution in [-0.2, 0) is 16.4 Å². The van der Waals surface area contributed by atoms with Gasteiger partial charge >= 0.3 is 0 Å². The highest BCUT2D eigenvalue weighted by Gasteiger charge is 2.15.